The van der Waals surface area contributed by atoms with E-state index in [1.54, 1.807) is 0 Å². The standard InChI is InChI=1S/C17H25N/c1-4-18-17(16-9-13-8-14(13)10-16)15-6-11(2)5-12(3)7-15/h5-7,13-14,16-18H,4,8-10H2,1-3H3. The molecule has 2 fully saturated rings. The Balaban J connectivity index is 1.83. The number of nitrogens with one attached hydrogen (secondary N) is 1. The van der Waals surface area contributed by atoms with Crippen molar-refractivity contribution in [3.63, 3.8) is 0 Å². The Kier molecular flexibility index (Phi) is 3.19. The van der Waals surface area contributed by atoms with E-state index in [1.165, 1.54) is 36.0 Å². The maximum atomic E-state index is 3.74. The minimum absolute atomic E-state index is 0.585. The molecular weight excluding hydrogens is 218 g/mol. The summed E-state index contributed by atoms with van der Waals surface area (Å²) in [6.45, 7) is 7.73. The van der Waals surface area contributed by atoms with E-state index < -0.39 is 0 Å². The van der Waals surface area contributed by atoms with Gasteiger partial charge in [-0.15, -0.1) is 0 Å². The van der Waals surface area contributed by atoms with Crippen LogP contribution in [0, 0.1) is 31.6 Å². The van der Waals surface area contributed by atoms with E-state index in [1.807, 2.05) is 0 Å². The predicted octanol–water partition coefficient (Wildman–Crippen LogP) is 4.00. The van der Waals surface area contributed by atoms with Gasteiger partial charge in [0.05, 0.1) is 0 Å². The lowest BCUT2D eigenvalue weighted by molar-refractivity contribution is 0.346. The highest BCUT2D eigenvalue weighted by Crippen LogP contribution is 2.57. The second kappa shape index (κ2) is 4.70. The molecule has 2 aliphatic carbocycles. The van der Waals surface area contributed by atoms with Crippen LogP contribution in [0.4, 0.5) is 0 Å². The average molecular weight is 243 g/mol. The van der Waals surface area contributed by atoms with Crippen molar-refractivity contribution in [1.29, 1.82) is 0 Å². The number of fused-ring (bicyclic) bond motifs is 1. The van der Waals surface area contributed by atoms with Gasteiger partial charge >= 0.3 is 0 Å². The normalized spacial score (nSPS) is 31.2. The van der Waals surface area contributed by atoms with Crippen molar-refractivity contribution < 1.29 is 0 Å². The summed E-state index contributed by atoms with van der Waals surface area (Å²) in [4.78, 5) is 0. The Morgan fingerprint density at radius 3 is 2.22 bits per heavy atom. The Hall–Kier alpha value is -0.820. The third kappa shape index (κ3) is 2.33. The van der Waals surface area contributed by atoms with Crippen LogP contribution in [0.1, 0.15) is 48.9 Å². The second-order valence-corrected chi connectivity index (χ2v) is 6.44. The summed E-state index contributed by atoms with van der Waals surface area (Å²) in [6.07, 6.45) is 4.42. The molecular formula is C17H25N. The zero-order valence-corrected chi connectivity index (χ0v) is 11.9. The molecule has 98 valence electrons. The molecule has 18 heavy (non-hydrogen) atoms. The van der Waals surface area contributed by atoms with Gasteiger partial charge in [-0.3, -0.25) is 0 Å². The summed E-state index contributed by atoms with van der Waals surface area (Å²) in [5, 5.41) is 3.74. The largest absolute Gasteiger partial charge is 0.310 e. The molecule has 1 nitrogen and oxygen atoms in total. The molecule has 2 saturated carbocycles. The Bertz CT molecular complexity index is 407. The fourth-order valence-corrected chi connectivity index (χ4v) is 4.00. The van der Waals surface area contributed by atoms with E-state index in [2.05, 4.69) is 44.3 Å². The van der Waals surface area contributed by atoms with Crippen LogP contribution in [0.2, 0.25) is 0 Å². The van der Waals surface area contributed by atoms with Crippen LogP contribution in [0.25, 0.3) is 0 Å². The van der Waals surface area contributed by atoms with Gasteiger partial charge in [0.1, 0.15) is 0 Å². The van der Waals surface area contributed by atoms with E-state index in [4.69, 9.17) is 0 Å². The molecule has 3 rings (SSSR count). The van der Waals surface area contributed by atoms with Gasteiger partial charge in [-0.25, -0.2) is 0 Å². The number of hydrogen-bond acceptors (Lipinski definition) is 1. The third-order valence-electron chi connectivity index (χ3n) is 4.78. The molecule has 1 aromatic rings. The SMILES string of the molecule is CCNC(c1cc(C)cc(C)c1)C1CC2CC2C1. The van der Waals surface area contributed by atoms with Crippen LogP contribution in [-0.2, 0) is 0 Å². The number of rotatable bonds is 4. The van der Waals surface area contributed by atoms with Gasteiger partial charge in [-0.05, 0) is 63.0 Å². The highest BCUT2D eigenvalue weighted by molar-refractivity contribution is 5.31. The quantitative estimate of drug-likeness (QED) is 0.843. The van der Waals surface area contributed by atoms with E-state index in [9.17, 15) is 0 Å². The molecule has 2 aliphatic rings. The van der Waals surface area contributed by atoms with Crippen molar-refractivity contribution >= 4 is 0 Å². The first-order valence-corrected chi connectivity index (χ1v) is 7.49. The van der Waals surface area contributed by atoms with E-state index in [0.29, 0.717) is 6.04 Å². The number of benzene rings is 1. The molecule has 0 radical (unpaired) electrons. The van der Waals surface area contributed by atoms with Crippen molar-refractivity contribution in [2.75, 3.05) is 6.54 Å². The minimum Gasteiger partial charge on any atom is -0.310 e. The molecule has 0 saturated heterocycles. The number of aryl methyl sites for hydroxylation is 2. The highest BCUT2D eigenvalue weighted by atomic mass is 14.9. The van der Waals surface area contributed by atoms with E-state index >= 15 is 0 Å². The first kappa shape index (κ1) is 12.2. The first-order chi connectivity index (χ1) is 8.67. The van der Waals surface area contributed by atoms with E-state index in [0.717, 1.165) is 24.3 Å². The predicted molar refractivity (Wildman–Crippen MR) is 76.7 cm³/mol. The minimum atomic E-state index is 0.585. The summed E-state index contributed by atoms with van der Waals surface area (Å²) < 4.78 is 0. The summed E-state index contributed by atoms with van der Waals surface area (Å²) in [5.74, 6) is 3.01. The van der Waals surface area contributed by atoms with Crippen LogP contribution < -0.4 is 5.32 Å². The molecule has 1 heteroatoms. The van der Waals surface area contributed by atoms with Crippen LogP contribution in [-0.4, -0.2) is 6.54 Å². The van der Waals surface area contributed by atoms with Gasteiger partial charge < -0.3 is 5.32 Å². The lowest BCUT2D eigenvalue weighted by atomic mass is 9.87. The average Bonchev–Trinajstić information content (AvgIpc) is 2.92. The molecule has 1 N–H and O–H groups in total. The molecule has 0 bridgehead atoms. The summed E-state index contributed by atoms with van der Waals surface area (Å²) in [6, 6.07) is 7.62. The van der Waals surface area contributed by atoms with Crippen LogP contribution in [0.3, 0.4) is 0 Å². The second-order valence-electron chi connectivity index (χ2n) is 6.44. The van der Waals surface area contributed by atoms with Crippen molar-refractivity contribution in [2.24, 2.45) is 17.8 Å². The maximum absolute atomic E-state index is 3.74. The Morgan fingerprint density at radius 1 is 1.06 bits per heavy atom. The molecule has 0 aromatic heterocycles. The van der Waals surface area contributed by atoms with Crippen molar-refractivity contribution in [3.8, 4) is 0 Å². The topological polar surface area (TPSA) is 12.0 Å². The van der Waals surface area contributed by atoms with Gasteiger partial charge in [-0.2, -0.15) is 0 Å². The molecule has 1 aromatic carbocycles. The fourth-order valence-electron chi connectivity index (χ4n) is 4.00. The van der Waals surface area contributed by atoms with Crippen LogP contribution >= 0.6 is 0 Å². The molecule has 3 unspecified atom stereocenters. The lowest BCUT2D eigenvalue weighted by Gasteiger charge is -2.27. The van der Waals surface area contributed by atoms with Crippen LogP contribution in [0.5, 0.6) is 0 Å². The zero-order chi connectivity index (χ0) is 12.7. The monoisotopic (exact) mass is 243 g/mol. The summed E-state index contributed by atoms with van der Waals surface area (Å²) in [5.41, 5.74) is 4.31. The molecule has 0 spiro atoms. The van der Waals surface area contributed by atoms with Crippen LogP contribution in [0.15, 0.2) is 18.2 Å². The Labute approximate surface area is 111 Å². The number of hydrogen-bond donors (Lipinski definition) is 1. The van der Waals surface area contributed by atoms with Crippen molar-refractivity contribution in [1.82, 2.24) is 5.32 Å². The molecule has 0 amide bonds. The van der Waals surface area contributed by atoms with Crippen molar-refractivity contribution in [3.05, 3.63) is 34.9 Å². The van der Waals surface area contributed by atoms with Gasteiger partial charge in [0.25, 0.3) is 0 Å². The fraction of sp³-hybridized carbons (Fsp3) is 0.647. The summed E-state index contributed by atoms with van der Waals surface area (Å²) in [7, 11) is 0. The smallest absolute Gasteiger partial charge is 0.0348 e. The van der Waals surface area contributed by atoms with Crippen molar-refractivity contribution in [2.45, 2.75) is 46.1 Å². The highest BCUT2D eigenvalue weighted by Gasteiger charge is 2.47. The maximum Gasteiger partial charge on any atom is 0.0348 e. The van der Waals surface area contributed by atoms with Gasteiger partial charge in [0.15, 0.2) is 0 Å². The Morgan fingerprint density at radius 2 is 1.67 bits per heavy atom. The lowest BCUT2D eigenvalue weighted by Crippen LogP contribution is -2.27. The van der Waals surface area contributed by atoms with Gasteiger partial charge in [-0.1, -0.05) is 36.2 Å². The molecule has 3 atom stereocenters. The molecule has 0 heterocycles. The van der Waals surface area contributed by atoms with E-state index in [-0.39, 0.29) is 0 Å². The first-order valence-electron chi connectivity index (χ1n) is 7.49. The van der Waals surface area contributed by atoms with Gasteiger partial charge in [0, 0.05) is 6.04 Å². The molecule has 0 aliphatic heterocycles. The summed E-state index contributed by atoms with van der Waals surface area (Å²) >= 11 is 0. The zero-order valence-electron chi connectivity index (χ0n) is 11.9. The van der Waals surface area contributed by atoms with Gasteiger partial charge in [0.2, 0.25) is 0 Å². The third-order valence-corrected chi connectivity index (χ3v) is 4.78.